The fourth-order valence-electron chi connectivity index (χ4n) is 1.55. The number of aryl methyl sites for hydroxylation is 1. The van der Waals surface area contributed by atoms with Crippen molar-refractivity contribution in [3.8, 4) is 0 Å². The predicted octanol–water partition coefficient (Wildman–Crippen LogP) is 1.05. The molecule has 2 N–H and O–H groups in total. The molecule has 96 valence electrons. The highest BCUT2D eigenvalue weighted by Crippen LogP contribution is 2.18. The lowest BCUT2D eigenvalue weighted by Crippen LogP contribution is -2.41. The molecule has 1 rings (SSSR count). The van der Waals surface area contributed by atoms with Crippen molar-refractivity contribution < 1.29 is 0 Å². The van der Waals surface area contributed by atoms with Crippen molar-refractivity contribution in [2.24, 2.45) is 5.41 Å². The summed E-state index contributed by atoms with van der Waals surface area (Å²) in [6, 6.07) is 0. The van der Waals surface area contributed by atoms with Gasteiger partial charge in [-0.25, -0.2) is 4.79 Å². The molecule has 0 spiro atoms. The van der Waals surface area contributed by atoms with Crippen LogP contribution in [0.5, 0.6) is 0 Å². The fraction of sp³-hybridized carbons (Fsp3) is 0.667. The van der Waals surface area contributed by atoms with E-state index in [0.717, 1.165) is 6.42 Å². The maximum absolute atomic E-state index is 12.0. The minimum Gasteiger partial charge on any atom is -0.393 e. The van der Waals surface area contributed by atoms with E-state index >= 15 is 0 Å². The lowest BCUT2D eigenvalue weighted by molar-refractivity contribution is 0.341. The summed E-state index contributed by atoms with van der Waals surface area (Å²) in [6.07, 6.45) is 2.17. The van der Waals surface area contributed by atoms with E-state index in [9.17, 15) is 9.59 Å². The number of hydrogen-bond donors (Lipinski definition) is 1. The van der Waals surface area contributed by atoms with Gasteiger partial charge in [0.2, 0.25) is 0 Å². The second-order valence-corrected chi connectivity index (χ2v) is 5.42. The van der Waals surface area contributed by atoms with E-state index < -0.39 is 0 Å². The molecule has 0 bridgehead atoms. The van der Waals surface area contributed by atoms with E-state index in [2.05, 4.69) is 20.8 Å². The van der Waals surface area contributed by atoms with Crippen LogP contribution in [0.25, 0.3) is 0 Å². The van der Waals surface area contributed by atoms with E-state index in [0.29, 0.717) is 13.1 Å². The summed E-state index contributed by atoms with van der Waals surface area (Å²) in [6.45, 7) is 8.98. The molecule has 0 aromatic carbocycles. The number of nitrogen functional groups attached to an aromatic ring is 1. The molecule has 0 unspecified atom stereocenters. The quantitative estimate of drug-likeness (QED) is 0.857. The normalized spacial score (nSPS) is 11.8. The van der Waals surface area contributed by atoms with Gasteiger partial charge in [0.1, 0.15) is 5.69 Å². The molecule has 5 heteroatoms. The second kappa shape index (κ2) is 4.77. The van der Waals surface area contributed by atoms with E-state index in [-0.39, 0.29) is 22.4 Å². The van der Waals surface area contributed by atoms with Crippen LogP contribution in [0.15, 0.2) is 15.8 Å². The third kappa shape index (κ3) is 3.22. The zero-order valence-electron chi connectivity index (χ0n) is 11.0. The standard InChI is InChI=1S/C12H21N3O2/c1-5-14-8-9(13)10(16)15(11(14)17)7-6-12(2,3)4/h8H,5-7,13H2,1-4H3. The summed E-state index contributed by atoms with van der Waals surface area (Å²) in [5, 5.41) is 0. The van der Waals surface area contributed by atoms with Crippen LogP contribution >= 0.6 is 0 Å². The second-order valence-electron chi connectivity index (χ2n) is 5.42. The lowest BCUT2D eigenvalue weighted by Gasteiger charge is -2.18. The Hall–Kier alpha value is -1.52. The Bertz CT molecular complexity index is 506. The third-order valence-electron chi connectivity index (χ3n) is 2.69. The predicted molar refractivity (Wildman–Crippen MR) is 69.1 cm³/mol. The van der Waals surface area contributed by atoms with Crippen molar-refractivity contribution in [3.05, 3.63) is 27.0 Å². The number of anilines is 1. The van der Waals surface area contributed by atoms with Crippen LogP contribution in [-0.2, 0) is 13.1 Å². The number of aromatic nitrogens is 2. The van der Waals surface area contributed by atoms with Crippen molar-refractivity contribution in [1.29, 1.82) is 0 Å². The summed E-state index contributed by atoms with van der Waals surface area (Å²) < 4.78 is 2.68. The van der Waals surface area contributed by atoms with E-state index in [1.807, 2.05) is 6.92 Å². The van der Waals surface area contributed by atoms with Gasteiger partial charge in [-0.3, -0.25) is 13.9 Å². The van der Waals surface area contributed by atoms with Crippen LogP contribution in [0.1, 0.15) is 34.1 Å². The minimum atomic E-state index is -0.385. The summed E-state index contributed by atoms with van der Waals surface area (Å²) in [5.74, 6) is 0. The first-order valence-electron chi connectivity index (χ1n) is 5.86. The van der Waals surface area contributed by atoms with Gasteiger partial charge in [0.05, 0.1) is 0 Å². The van der Waals surface area contributed by atoms with E-state index in [1.54, 1.807) is 0 Å². The Morgan fingerprint density at radius 3 is 2.35 bits per heavy atom. The van der Waals surface area contributed by atoms with Crippen LogP contribution in [0.3, 0.4) is 0 Å². The first-order chi connectivity index (χ1) is 7.76. The van der Waals surface area contributed by atoms with Gasteiger partial charge in [-0.15, -0.1) is 0 Å². The van der Waals surface area contributed by atoms with Gasteiger partial charge in [0, 0.05) is 19.3 Å². The number of hydrogen-bond acceptors (Lipinski definition) is 3. The molecule has 5 nitrogen and oxygen atoms in total. The Morgan fingerprint density at radius 1 is 1.29 bits per heavy atom. The molecule has 0 saturated carbocycles. The van der Waals surface area contributed by atoms with Crippen LogP contribution in [0, 0.1) is 5.41 Å². The van der Waals surface area contributed by atoms with Crippen molar-refractivity contribution >= 4 is 5.69 Å². The average Bonchev–Trinajstić information content (AvgIpc) is 2.22. The van der Waals surface area contributed by atoms with Gasteiger partial charge >= 0.3 is 5.69 Å². The SMILES string of the molecule is CCn1cc(N)c(=O)n(CCC(C)(C)C)c1=O. The third-order valence-corrected chi connectivity index (χ3v) is 2.69. The molecule has 0 atom stereocenters. The maximum Gasteiger partial charge on any atom is 0.331 e. The van der Waals surface area contributed by atoms with Gasteiger partial charge in [-0.2, -0.15) is 0 Å². The van der Waals surface area contributed by atoms with Gasteiger partial charge in [-0.1, -0.05) is 20.8 Å². The number of nitrogens with two attached hydrogens (primary N) is 1. The Labute approximate surface area is 101 Å². The molecule has 1 heterocycles. The Kier molecular flexibility index (Phi) is 3.80. The zero-order valence-corrected chi connectivity index (χ0v) is 11.0. The molecule has 0 aliphatic carbocycles. The highest BCUT2D eigenvalue weighted by atomic mass is 16.2. The average molecular weight is 239 g/mol. The molecule has 0 aliphatic heterocycles. The van der Waals surface area contributed by atoms with Gasteiger partial charge in [0.25, 0.3) is 5.56 Å². The van der Waals surface area contributed by atoms with Crippen molar-refractivity contribution in [1.82, 2.24) is 9.13 Å². The molecule has 1 aromatic heterocycles. The van der Waals surface area contributed by atoms with Crippen LogP contribution in [0.2, 0.25) is 0 Å². The molecular weight excluding hydrogens is 218 g/mol. The number of nitrogens with zero attached hydrogens (tertiary/aromatic N) is 2. The van der Waals surface area contributed by atoms with Gasteiger partial charge < -0.3 is 5.73 Å². The fourth-order valence-corrected chi connectivity index (χ4v) is 1.55. The first kappa shape index (κ1) is 13.5. The Morgan fingerprint density at radius 2 is 1.88 bits per heavy atom. The van der Waals surface area contributed by atoms with Crippen LogP contribution in [-0.4, -0.2) is 9.13 Å². The van der Waals surface area contributed by atoms with E-state index in [4.69, 9.17) is 5.73 Å². The van der Waals surface area contributed by atoms with E-state index in [1.165, 1.54) is 15.3 Å². The topological polar surface area (TPSA) is 70.0 Å². The number of rotatable bonds is 3. The molecule has 0 radical (unpaired) electrons. The highest BCUT2D eigenvalue weighted by Gasteiger charge is 2.14. The summed E-state index contributed by atoms with van der Waals surface area (Å²) in [7, 11) is 0. The molecule has 17 heavy (non-hydrogen) atoms. The Balaban J connectivity index is 3.19. The summed E-state index contributed by atoms with van der Waals surface area (Å²) in [4.78, 5) is 23.8. The van der Waals surface area contributed by atoms with Gasteiger partial charge in [-0.05, 0) is 18.8 Å². The smallest absolute Gasteiger partial charge is 0.331 e. The first-order valence-corrected chi connectivity index (χ1v) is 5.86. The minimum absolute atomic E-state index is 0.0769. The van der Waals surface area contributed by atoms with Crippen molar-refractivity contribution in [2.45, 2.75) is 47.2 Å². The zero-order chi connectivity index (χ0) is 13.2. The molecule has 0 saturated heterocycles. The monoisotopic (exact) mass is 239 g/mol. The van der Waals surface area contributed by atoms with Crippen LogP contribution < -0.4 is 17.0 Å². The largest absolute Gasteiger partial charge is 0.393 e. The van der Waals surface area contributed by atoms with Gasteiger partial charge in [0.15, 0.2) is 0 Å². The summed E-state index contributed by atoms with van der Waals surface area (Å²) >= 11 is 0. The molecule has 1 aromatic rings. The highest BCUT2D eigenvalue weighted by molar-refractivity contribution is 5.30. The van der Waals surface area contributed by atoms with Crippen molar-refractivity contribution in [3.63, 3.8) is 0 Å². The molecule has 0 aliphatic rings. The lowest BCUT2D eigenvalue weighted by atomic mass is 9.92. The molecule has 0 amide bonds. The molecular formula is C12H21N3O2. The van der Waals surface area contributed by atoms with Crippen molar-refractivity contribution in [2.75, 3.05) is 5.73 Å². The summed E-state index contributed by atoms with van der Waals surface area (Å²) in [5.41, 5.74) is 5.15. The van der Waals surface area contributed by atoms with Crippen LogP contribution in [0.4, 0.5) is 5.69 Å². The molecule has 0 fully saturated rings. The maximum atomic E-state index is 12.0.